The smallest absolute Gasteiger partial charge is 0.128 e. The molecule has 0 saturated heterocycles. The summed E-state index contributed by atoms with van der Waals surface area (Å²) in [4.78, 5) is 0. The maximum atomic E-state index is 7.25. The van der Waals surface area contributed by atoms with E-state index in [4.69, 9.17) is 4.74 Å². The van der Waals surface area contributed by atoms with Crippen molar-refractivity contribution >= 4 is 13.2 Å². The molecule has 1 nitrogen and oxygen atoms in total. The van der Waals surface area contributed by atoms with Crippen LogP contribution in [0, 0.1) is 6.92 Å². The number of hydrogen-bond donors (Lipinski definition) is 0. The first-order chi connectivity index (χ1) is 20.3. The molecule has 2 aromatic rings. The normalized spacial score (nSPS) is 19.9. The second-order valence-corrected chi connectivity index (χ2v) is 17.7. The van der Waals surface area contributed by atoms with Crippen molar-refractivity contribution in [2.45, 2.75) is 180 Å². The van der Waals surface area contributed by atoms with Gasteiger partial charge in [0.15, 0.2) is 0 Å². The SMILES string of the molecule is Cc1ccc(OC2CCCCC2)c(P(C2CCCCC2)C2CCCCC2)c1-c1c(C(C)C)cc(C(C)C)cc1C(C)C. The van der Waals surface area contributed by atoms with E-state index in [9.17, 15) is 0 Å². The van der Waals surface area contributed by atoms with E-state index in [1.165, 1.54) is 113 Å². The van der Waals surface area contributed by atoms with Crippen LogP contribution in [0.15, 0.2) is 24.3 Å². The molecule has 3 aliphatic carbocycles. The number of aryl methyl sites for hydroxylation is 1. The maximum Gasteiger partial charge on any atom is 0.128 e. The Morgan fingerprint density at radius 2 is 1.07 bits per heavy atom. The average molecular weight is 589 g/mol. The highest BCUT2D eigenvalue weighted by atomic mass is 31.1. The van der Waals surface area contributed by atoms with Crippen molar-refractivity contribution in [3.8, 4) is 16.9 Å². The minimum Gasteiger partial charge on any atom is -0.490 e. The van der Waals surface area contributed by atoms with Crippen LogP contribution in [0.1, 0.15) is 178 Å². The van der Waals surface area contributed by atoms with E-state index in [1.807, 2.05) is 0 Å². The standard InChI is InChI=1S/C40H61OP/c1-27(2)31-25-35(28(3)4)39(36(26-31)29(5)6)38-30(7)23-24-37(41-32-17-11-8-12-18-32)40(38)42(33-19-13-9-14-20-33)34-21-15-10-16-22-34/h23-29,32-34H,8-22H2,1-7H3. The first-order valence-electron chi connectivity index (χ1n) is 18.0. The van der Waals surface area contributed by atoms with Crippen LogP contribution in [0.2, 0.25) is 0 Å². The molecule has 0 unspecified atom stereocenters. The lowest BCUT2D eigenvalue weighted by Crippen LogP contribution is -2.30. The van der Waals surface area contributed by atoms with Crippen LogP contribution in [-0.4, -0.2) is 17.4 Å². The highest BCUT2D eigenvalue weighted by Crippen LogP contribution is 2.59. The molecule has 0 radical (unpaired) electrons. The van der Waals surface area contributed by atoms with Gasteiger partial charge in [0.05, 0.1) is 6.10 Å². The summed E-state index contributed by atoms with van der Waals surface area (Å²) >= 11 is 0. The topological polar surface area (TPSA) is 9.23 Å². The highest BCUT2D eigenvalue weighted by Gasteiger charge is 2.38. The van der Waals surface area contributed by atoms with Crippen LogP contribution < -0.4 is 10.0 Å². The summed E-state index contributed by atoms with van der Waals surface area (Å²) in [5, 5.41) is 1.69. The molecule has 232 valence electrons. The molecule has 0 N–H and O–H groups in total. The monoisotopic (exact) mass is 588 g/mol. The van der Waals surface area contributed by atoms with E-state index in [2.05, 4.69) is 72.7 Å². The zero-order valence-corrected chi connectivity index (χ0v) is 29.1. The quantitative estimate of drug-likeness (QED) is 0.265. The molecule has 0 aromatic heterocycles. The highest BCUT2D eigenvalue weighted by molar-refractivity contribution is 7.67. The third kappa shape index (κ3) is 7.14. The molecule has 0 spiro atoms. The molecule has 2 aromatic carbocycles. The minimum atomic E-state index is -0.309. The second kappa shape index (κ2) is 14.6. The molecule has 0 atom stereocenters. The Labute approximate surface area is 260 Å². The molecule has 5 rings (SSSR count). The Kier molecular flexibility index (Phi) is 11.2. The molecule has 3 aliphatic rings. The lowest BCUT2D eigenvalue weighted by atomic mass is 9.80. The van der Waals surface area contributed by atoms with Gasteiger partial charge in [-0.25, -0.2) is 0 Å². The van der Waals surface area contributed by atoms with Crippen molar-refractivity contribution in [3.05, 3.63) is 46.5 Å². The van der Waals surface area contributed by atoms with Gasteiger partial charge in [-0.3, -0.25) is 0 Å². The molecule has 0 bridgehead atoms. The Hall–Kier alpha value is -1.33. The lowest BCUT2D eigenvalue weighted by Gasteiger charge is -2.41. The molecule has 0 heterocycles. The molecule has 3 fully saturated rings. The van der Waals surface area contributed by atoms with E-state index < -0.39 is 0 Å². The van der Waals surface area contributed by atoms with Crippen LogP contribution >= 0.6 is 7.92 Å². The van der Waals surface area contributed by atoms with Crippen molar-refractivity contribution in [3.63, 3.8) is 0 Å². The third-order valence-electron chi connectivity index (χ3n) is 10.8. The summed E-state index contributed by atoms with van der Waals surface area (Å²) in [7, 11) is -0.309. The largest absolute Gasteiger partial charge is 0.490 e. The summed E-state index contributed by atoms with van der Waals surface area (Å²) in [6, 6.07) is 10.0. The number of ether oxygens (including phenoxy) is 1. The first kappa shape index (κ1) is 32.1. The Bertz CT molecular complexity index is 1110. The van der Waals surface area contributed by atoms with E-state index in [-0.39, 0.29) is 7.92 Å². The minimum absolute atomic E-state index is 0.309. The fourth-order valence-electron chi connectivity index (χ4n) is 8.33. The van der Waals surface area contributed by atoms with Gasteiger partial charge in [-0.15, -0.1) is 0 Å². The van der Waals surface area contributed by atoms with Crippen LogP contribution in [0.4, 0.5) is 0 Å². The Balaban J connectivity index is 1.80. The Morgan fingerprint density at radius 3 is 1.52 bits per heavy atom. The van der Waals surface area contributed by atoms with Crippen molar-refractivity contribution in [1.29, 1.82) is 0 Å². The summed E-state index contributed by atoms with van der Waals surface area (Å²) in [6.07, 6.45) is 21.1. The van der Waals surface area contributed by atoms with E-state index in [1.54, 1.807) is 27.6 Å². The molecule has 0 aliphatic heterocycles. The van der Waals surface area contributed by atoms with Gasteiger partial charge in [0.1, 0.15) is 5.75 Å². The summed E-state index contributed by atoms with van der Waals surface area (Å²) in [6.45, 7) is 16.9. The van der Waals surface area contributed by atoms with Crippen molar-refractivity contribution in [2.75, 3.05) is 0 Å². The van der Waals surface area contributed by atoms with Gasteiger partial charge < -0.3 is 4.74 Å². The summed E-state index contributed by atoms with van der Waals surface area (Å²) in [5.74, 6) is 2.79. The zero-order chi connectivity index (χ0) is 29.8. The lowest BCUT2D eigenvalue weighted by molar-refractivity contribution is 0.156. The first-order valence-corrected chi connectivity index (χ1v) is 19.5. The van der Waals surface area contributed by atoms with Crippen molar-refractivity contribution < 1.29 is 4.74 Å². The van der Waals surface area contributed by atoms with Gasteiger partial charge in [-0.05, 0) is 127 Å². The molecule has 0 amide bonds. The predicted octanol–water partition coefficient (Wildman–Crippen LogP) is 12.5. The molecule has 42 heavy (non-hydrogen) atoms. The van der Waals surface area contributed by atoms with E-state index in [0.717, 1.165) is 11.3 Å². The van der Waals surface area contributed by atoms with Gasteiger partial charge >= 0.3 is 0 Å². The fourth-order valence-corrected chi connectivity index (χ4v) is 12.4. The van der Waals surface area contributed by atoms with Crippen LogP contribution in [-0.2, 0) is 0 Å². The average Bonchev–Trinajstić information content (AvgIpc) is 2.99. The Morgan fingerprint density at radius 1 is 0.595 bits per heavy atom. The van der Waals surface area contributed by atoms with Gasteiger partial charge in [-0.2, -0.15) is 0 Å². The number of hydrogen-bond acceptors (Lipinski definition) is 1. The maximum absolute atomic E-state index is 7.25. The van der Waals surface area contributed by atoms with E-state index in [0.29, 0.717) is 23.9 Å². The molecular weight excluding hydrogens is 527 g/mol. The third-order valence-corrected chi connectivity index (χ3v) is 14.3. The fraction of sp³-hybridized carbons (Fsp3) is 0.700. The van der Waals surface area contributed by atoms with Gasteiger partial charge in [0.25, 0.3) is 0 Å². The van der Waals surface area contributed by atoms with Crippen molar-refractivity contribution in [1.82, 2.24) is 0 Å². The summed E-state index contributed by atoms with van der Waals surface area (Å²) < 4.78 is 7.25. The predicted molar refractivity (Wildman–Crippen MR) is 187 cm³/mol. The van der Waals surface area contributed by atoms with Crippen molar-refractivity contribution in [2.24, 2.45) is 0 Å². The van der Waals surface area contributed by atoms with Crippen LogP contribution in [0.5, 0.6) is 5.75 Å². The molecule has 3 saturated carbocycles. The molecule has 2 heteroatoms. The van der Waals surface area contributed by atoms with Crippen LogP contribution in [0.25, 0.3) is 11.1 Å². The number of rotatable bonds is 9. The number of benzene rings is 2. The summed E-state index contributed by atoms with van der Waals surface area (Å²) in [5.41, 5.74) is 11.0. The van der Waals surface area contributed by atoms with Gasteiger partial charge in [0.2, 0.25) is 0 Å². The zero-order valence-electron chi connectivity index (χ0n) is 28.2. The van der Waals surface area contributed by atoms with Gasteiger partial charge in [0, 0.05) is 5.30 Å². The second-order valence-electron chi connectivity index (χ2n) is 15.0. The van der Waals surface area contributed by atoms with Crippen LogP contribution in [0.3, 0.4) is 0 Å². The molecular formula is C40H61OP. The van der Waals surface area contributed by atoms with Gasteiger partial charge in [-0.1, -0.05) is 113 Å². The van der Waals surface area contributed by atoms with E-state index >= 15 is 0 Å².